The fourth-order valence-electron chi connectivity index (χ4n) is 2.85. The van der Waals surface area contributed by atoms with Crippen LogP contribution < -0.4 is 5.73 Å². The van der Waals surface area contributed by atoms with Gasteiger partial charge in [0.25, 0.3) is 0 Å². The van der Waals surface area contributed by atoms with Gasteiger partial charge in [-0.15, -0.1) is 0 Å². The molecule has 1 nitrogen and oxygen atoms in total. The molecule has 112 valence electrons. The molecule has 0 aromatic heterocycles. The third-order valence-electron chi connectivity index (χ3n) is 4.39. The summed E-state index contributed by atoms with van der Waals surface area (Å²) in [6.45, 7) is 9.68. The molecule has 0 aliphatic carbocycles. The molecule has 0 bridgehead atoms. The largest absolute Gasteiger partial charge is 0.330 e. The average Bonchev–Trinajstić information content (AvgIpc) is 2.48. The van der Waals surface area contributed by atoms with Gasteiger partial charge in [-0.2, -0.15) is 0 Å². The maximum atomic E-state index is 6.07. The van der Waals surface area contributed by atoms with Crippen molar-refractivity contribution in [2.24, 2.45) is 5.73 Å². The van der Waals surface area contributed by atoms with E-state index in [1.165, 1.54) is 16.7 Å². The second-order valence-electron chi connectivity index (χ2n) is 6.91. The van der Waals surface area contributed by atoms with E-state index in [1.807, 2.05) is 0 Å². The van der Waals surface area contributed by atoms with Gasteiger partial charge in [-0.1, -0.05) is 82.3 Å². The van der Waals surface area contributed by atoms with Gasteiger partial charge in [-0.25, -0.2) is 0 Å². The lowest BCUT2D eigenvalue weighted by Crippen LogP contribution is -2.19. The Bertz CT molecular complexity index is 549. The third kappa shape index (κ3) is 3.74. The lowest BCUT2D eigenvalue weighted by Gasteiger charge is -2.25. The van der Waals surface area contributed by atoms with Crippen molar-refractivity contribution >= 4 is 0 Å². The van der Waals surface area contributed by atoms with Crippen LogP contribution in [-0.2, 0) is 5.41 Å². The van der Waals surface area contributed by atoms with E-state index < -0.39 is 0 Å². The van der Waals surface area contributed by atoms with Crippen molar-refractivity contribution in [3.8, 4) is 0 Å². The van der Waals surface area contributed by atoms with Gasteiger partial charge in [-0.05, 0) is 34.6 Å². The SMILES string of the molecule is CC(c1ccccc1)C(CN)c1ccc(C(C)(C)C)cc1. The fraction of sp³-hybridized carbons (Fsp3) is 0.400. The Hall–Kier alpha value is -1.60. The summed E-state index contributed by atoms with van der Waals surface area (Å²) in [5.74, 6) is 0.790. The summed E-state index contributed by atoms with van der Waals surface area (Å²) in [4.78, 5) is 0. The first-order chi connectivity index (χ1) is 9.93. The number of rotatable bonds is 4. The first-order valence-electron chi connectivity index (χ1n) is 7.79. The maximum Gasteiger partial charge on any atom is 0.00273 e. The Morgan fingerprint density at radius 2 is 1.43 bits per heavy atom. The van der Waals surface area contributed by atoms with Crippen LogP contribution in [0.25, 0.3) is 0 Å². The zero-order valence-corrected chi connectivity index (χ0v) is 13.6. The Kier molecular flexibility index (Phi) is 4.84. The van der Waals surface area contributed by atoms with Crippen LogP contribution in [-0.4, -0.2) is 6.54 Å². The van der Waals surface area contributed by atoms with Crippen LogP contribution in [0.1, 0.15) is 56.2 Å². The molecule has 2 unspecified atom stereocenters. The van der Waals surface area contributed by atoms with Crippen LogP contribution in [0.5, 0.6) is 0 Å². The fourth-order valence-corrected chi connectivity index (χ4v) is 2.85. The summed E-state index contributed by atoms with van der Waals surface area (Å²) in [5, 5.41) is 0. The van der Waals surface area contributed by atoms with Crippen molar-refractivity contribution in [2.75, 3.05) is 6.54 Å². The van der Waals surface area contributed by atoms with Crippen molar-refractivity contribution < 1.29 is 0 Å². The smallest absolute Gasteiger partial charge is 0.00273 e. The van der Waals surface area contributed by atoms with Crippen LogP contribution in [0.15, 0.2) is 54.6 Å². The van der Waals surface area contributed by atoms with Gasteiger partial charge in [-0.3, -0.25) is 0 Å². The minimum absolute atomic E-state index is 0.196. The van der Waals surface area contributed by atoms with Gasteiger partial charge in [0, 0.05) is 5.92 Å². The summed E-state index contributed by atoms with van der Waals surface area (Å²) in [5.41, 5.74) is 10.3. The molecule has 2 aromatic carbocycles. The molecule has 0 aliphatic heterocycles. The standard InChI is InChI=1S/C20H27N/c1-15(16-8-6-5-7-9-16)19(14-21)17-10-12-18(13-11-17)20(2,3)4/h5-13,15,19H,14,21H2,1-4H3. The van der Waals surface area contributed by atoms with E-state index in [-0.39, 0.29) is 5.41 Å². The molecule has 1 heteroatoms. The zero-order valence-electron chi connectivity index (χ0n) is 13.6. The molecule has 2 atom stereocenters. The van der Waals surface area contributed by atoms with E-state index in [4.69, 9.17) is 5.73 Å². The highest BCUT2D eigenvalue weighted by atomic mass is 14.6. The Labute approximate surface area is 129 Å². The summed E-state index contributed by atoms with van der Waals surface area (Å²) in [7, 11) is 0. The van der Waals surface area contributed by atoms with Gasteiger partial charge in [0.15, 0.2) is 0 Å². The molecule has 0 saturated heterocycles. The van der Waals surface area contributed by atoms with Gasteiger partial charge in [0.05, 0.1) is 0 Å². The van der Waals surface area contributed by atoms with E-state index in [0.717, 1.165) is 0 Å². The highest BCUT2D eigenvalue weighted by molar-refractivity contribution is 5.33. The summed E-state index contributed by atoms with van der Waals surface area (Å²) in [6, 6.07) is 19.6. The zero-order chi connectivity index (χ0) is 15.5. The summed E-state index contributed by atoms with van der Waals surface area (Å²) in [6.07, 6.45) is 0. The number of hydrogen-bond acceptors (Lipinski definition) is 1. The van der Waals surface area contributed by atoms with Crippen LogP contribution in [0.4, 0.5) is 0 Å². The topological polar surface area (TPSA) is 26.0 Å². The third-order valence-corrected chi connectivity index (χ3v) is 4.39. The first kappa shape index (κ1) is 15.8. The lowest BCUT2D eigenvalue weighted by molar-refractivity contribution is 0.576. The maximum absolute atomic E-state index is 6.07. The molecule has 0 aliphatic rings. The van der Waals surface area contributed by atoms with Crippen molar-refractivity contribution in [3.63, 3.8) is 0 Å². The molecule has 0 fully saturated rings. The molecule has 0 spiro atoms. The Morgan fingerprint density at radius 3 is 1.90 bits per heavy atom. The van der Waals surface area contributed by atoms with Gasteiger partial charge < -0.3 is 5.73 Å². The molecule has 2 aromatic rings. The molecule has 0 heterocycles. The monoisotopic (exact) mass is 281 g/mol. The predicted molar refractivity (Wildman–Crippen MR) is 91.8 cm³/mol. The van der Waals surface area contributed by atoms with Gasteiger partial charge in [0.1, 0.15) is 0 Å². The molecular formula is C20H27N. The number of nitrogens with two attached hydrogens (primary N) is 1. The lowest BCUT2D eigenvalue weighted by atomic mass is 9.80. The average molecular weight is 281 g/mol. The Balaban J connectivity index is 2.25. The van der Waals surface area contributed by atoms with Crippen molar-refractivity contribution in [1.82, 2.24) is 0 Å². The molecule has 21 heavy (non-hydrogen) atoms. The van der Waals surface area contributed by atoms with Crippen LogP contribution in [0.2, 0.25) is 0 Å². The van der Waals surface area contributed by atoms with Crippen molar-refractivity contribution in [2.45, 2.75) is 44.9 Å². The number of hydrogen-bond donors (Lipinski definition) is 1. The van der Waals surface area contributed by atoms with E-state index in [1.54, 1.807) is 0 Å². The van der Waals surface area contributed by atoms with E-state index in [0.29, 0.717) is 18.4 Å². The highest BCUT2D eigenvalue weighted by Gasteiger charge is 2.20. The van der Waals surface area contributed by atoms with Crippen molar-refractivity contribution in [1.29, 1.82) is 0 Å². The van der Waals surface area contributed by atoms with Gasteiger partial charge in [0.2, 0.25) is 0 Å². The van der Waals surface area contributed by atoms with Crippen LogP contribution in [0, 0.1) is 0 Å². The second kappa shape index (κ2) is 6.44. The van der Waals surface area contributed by atoms with E-state index in [9.17, 15) is 0 Å². The summed E-state index contributed by atoms with van der Waals surface area (Å²) >= 11 is 0. The quantitative estimate of drug-likeness (QED) is 0.853. The number of benzene rings is 2. The normalized spacial score (nSPS) is 14.7. The van der Waals surface area contributed by atoms with Crippen LogP contribution in [0.3, 0.4) is 0 Å². The first-order valence-corrected chi connectivity index (χ1v) is 7.79. The molecule has 2 rings (SSSR count). The van der Waals surface area contributed by atoms with E-state index >= 15 is 0 Å². The minimum atomic E-state index is 0.196. The minimum Gasteiger partial charge on any atom is -0.330 e. The molecular weight excluding hydrogens is 254 g/mol. The molecule has 2 N–H and O–H groups in total. The molecule has 0 amide bonds. The second-order valence-corrected chi connectivity index (χ2v) is 6.91. The summed E-state index contributed by atoms with van der Waals surface area (Å²) < 4.78 is 0. The van der Waals surface area contributed by atoms with Gasteiger partial charge >= 0.3 is 0 Å². The molecule has 0 radical (unpaired) electrons. The predicted octanol–water partition coefficient (Wildman–Crippen LogP) is 4.83. The van der Waals surface area contributed by atoms with Crippen LogP contribution >= 0.6 is 0 Å². The van der Waals surface area contributed by atoms with Crippen molar-refractivity contribution in [3.05, 3.63) is 71.3 Å². The van der Waals surface area contributed by atoms with E-state index in [2.05, 4.69) is 82.3 Å². The Morgan fingerprint density at radius 1 is 0.857 bits per heavy atom. The highest BCUT2D eigenvalue weighted by Crippen LogP contribution is 2.33. The molecule has 0 saturated carbocycles.